The fraction of sp³-hybridized carbons (Fsp3) is 0.500. The molecule has 0 fully saturated rings. The molecular weight excluding hydrogens is 490 g/mol. The van der Waals surface area contributed by atoms with E-state index in [0.29, 0.717) is 17.9 Å². The number of carbonyl (C=O) groups is 2. The lowest BCUT2D eigenvalue weighted by molar-refractivity contribution is -0.140. The molecule has 0 radical (unpaired) electrons. The summed E-state index contributed by atoms with van der Waals surface area (Å²) in [6, 6.07) is 13.6. The van der Waals surface area contributed by atoms with Crippen LogP contribution >= 0.6 is 0 Å². The Kier molecular flexibility index (Phi) is 11.0. The van der Waals surface area contributed by atoms with E-state index in [1.54, 1.807) is 25.3 Å². The molecule has 1 N–H and O–H groups in total. The van der Waals surface area contributed by atoms with Gasteiger partial charge in [0.1, 0.15) is 18.3 Å². The summed E-state index contributed by atoms with van der Waals surface area (Å²) >= 11 is 0. The van der Waals surface area contributed by atoms with Gasteiger partial charge in [-0.3, -0.25) is 13.9 Å². The van der Waals surface area contributed by atoms with Crippen molar-refractivity contribution in [3.8, 4) is 5.75 Å². The maximum atomic E-state index is 13.9. The third-order valence-electron chi connectivity index (χ3n) is 6.38. The van der Waals surface area contributed by atoms with Crippen LogP contribution in [0.15, 0.2) is 48.5 Å². The monoisotopic (exact) mass is 531 g/mol. The Hall–Kier alpha value is -3.07. The fourth-order valence-electron chi connectivity index (χ4n) is 4.13. The summed E-state index contributed by atoms with van der Waals surface area (Å²) in [7, 11) is -2.23. The summed E-state index contributed by atoms with van der Waals surface area (Å²) in [6.07, 6.45) is 2.22. The highest BCUT2D eigenvalue weighted by Crippen LogP contribution is 2.29. The number of hydrogen-bond donors (Lipinski definition) is 1. The summed E-state index contributed by atoms with van der Waals surface area (Å²) in [5, 5.41) is 2.97. The van der Waals surface area contributed by atoms with Crippen LogP contribution < -0.4 is 14.4 Å². The molecule has 0 aliphatic carbocycles. The Labute approximate surface area is 222 Å². The quantitative estimate of drug-likeness (QED) is 0.416. The molecule has 0 spiro atoms. The van der Waals surface area contributed by atoms with Gasteiger partial charge in [0.05, 0.1) is 19.1 Å². The van der Waals surface area contributed by atoms with Gasteiger partial charge in [0.2, 0.25) is 21.8 Å². The van der Waals surface area contributed by atoms with Gasteiger partial charge in [-0.05, 0) is 55.0 Å². The van der Waals surface area contributed by atoms with Crippen LogP contribution in [0.25, 0.3) is 0 Å². The van der Waals surface area contributed by atoms with Gasteiger partial charge in [0.15, 0.2) is 0 Å². The Balaban J connectivity index is 2.52. The molecule has 0 saturated heterocycles. The van der Waals surface area contributed by atoms with Crippen molar-refractivity contribution in [3.05, 3.63) is 59.7 Å². The molecule has 2 unspecified atom stereocenters. The number of benzene rings is 2. The zero-order valence-corrected chi connectivity index (χ0v) is 23.8. The van der Waals surface area contributed by atoms with Crippen molar-refractivity contribution in [1.82, 2.24) is 10.2 Å². The number of rotatable bonds is 13. The maximum absolute atomic E-state index is 13.9. The number of methoxy groups -OCH3 is 1. The highest BCUT2D eigenvalue weighted by atomic mass is 32.2. The number of nitrogens with zero attached hydrogens (tertiary/aromatic N) is 2. The molecule has 0 heterocycles. The predicted molar refractivity (Wildman–Crippen MR) is 148 cm³/mol. The Morgan fingerprint density at radius 1 is 1.00 bits per heavy atom. The largest absolute Gasteiger partial charge is 0.497 e. The van der Waals surface area contributed by atoms with E-state index in [-0.39, 0.29) is 24.4 Å². The minimum Gasteiger partial charge on any atom is -0.497 e. The molecule has 0 aliphatic heterocycles. The van der Waals surface area contributed by atoms with Gasteiger partial charge in [0.25, 0.3) is 0 Å². The van der Waals surface area contributed by atoms with Crippen molar-refractivity contribution in [3.63, 3.8) is 0 Å². The molecule has 0 saturated carbocycles. The summed E-state index contributed by atoms with van der Waals surface area (Å²) in [6.45, 7) is 9.39. The average Bonchev–Trinajstić information content (AvgIpc) is 2.86. The molecule has 2 amide bonds. The first-order valence-corrected chi connectivity index (χ1v) is 14.6. The Bertz CT molecular complexity index is 1170. The van der Waals surface area contributed by atoms with Gasteiger partial charge >= 0.3 is 0 Å². The van der Waals surface area contributed by atoms with Gasteiger partial charge in [0, 0.05) is 12.6 Å². The highest BCUT2D eigenvalue weighted by molar-refractivity contribution is 7.92. The number of hydrogen-bond acceptors (Lipinski definition) is 5. The van der Waals surface area contributed by atoms with Crippen molar-refractivity contribution >= 4 is 27.5 Å². The molecule has 2 atom stereocenters. The molecule has 37 heavy (non-hydrogen) atoms. The lowest BCUT2D eigenvalue weighted by Gasteiger charge is -2.34. The number of para-hydroxylation sites is 1. The first kappa shape index (κ1) is 30.2. The molecule has 2 rings (SSSR count). The van der Waals surface area contributed by atoms with E-state index >= 15 is 0 Å². The second-order valence-corrected chi connectivity index (χ2v) is 11.5. The summed E-state index contributed by atoms with van der Waals surface area (Å²) < 4.78 is 32.3. The van der Waals surface area contributed by atoms with E-state index in [1.807, 2.05) is 65.0 Å². The fourth-order valence-corrected chi connectivity index (χ4v) is 4.99. The van der Waals surface area contributed by atoms with Crippen molar-refractivity contribution < 1.29 is 22.7 Å². The number of ether oxygens (including phenoxy) is 1. The number of sulfonamides is 1. The average molecular weight is 532 g/mol. The SMILES string of the molecule is CCC(C)NC(=O)C(CC)N(Cc1cccc(OC)c1)C(=O)CN(c1ccccc1C(C)C)S(C)(=O)=O. The lowest BCUT2D eigenvalue weighted by atomic mass is 10.0. The van der Waals surface area contributed by atoms with Crippen LogP contribution in [0.4, 0.5) is 5.69 Å². The second kappa shape index (κ2) is 13.5. The topological polar surface area (TPSA) is 96.0 Å². The van der Waals surface area contributed by atoms with Crippen molar-refractivity contribution in [1.29, 1.82) is 0 Å². The van der Waals surface area contributed by atoms with E-state index in [1.165, 1.54) is 4.90 Å². The molecule has 2 aromatic rings. The van der Waals surface area contributed by atoms with Crippen LogP contribution in [-0.2, 0) is 26.2 Å². The smallest absolute Gasteiger partial charge is 0.244 e. The van der Waals surface area contributed by atoms with Crippen LogP contribution in [-0.4, -0.2) is 57.1 Å². The highest BCUT2D eigenvalue weighted by Gasteiger charge is 2.32. The van der Waals surface area contributed by atoms with Gasteiger partial charge in [-0.15, -0.1) is 0 Å². The minimum atomic E-state index is -3.80. The number of amides is 2. The molecule has 0 bridgehead atoms. The first-order chi connectivity index (χ1) is 17.4. The van der Waals surface area contributed by atoms with E-state index < -0.39 is 28.5 Å². The zero-order chi connectivity index (χ0) is 27.8. The minimum absolute atomic E-state index is 0.0492. The van der Waals surface area contributed by atoms with Crippen LogP contribution in [0, 0.1) is 0 Å². The van der Waals surface area contributed by atoms with Crippen LogP contribution in [0.5, 0.6) is 5.75 Å². The Morgan fingerprint density at radius 3 is 2.24 bits per heavy atom. The Morgan fingerprint density at radius 2 is 1.68 bits per heavy atom. The third kappa shape index (κ3) is 8.21. The molecule has 9 heteroatoms. The second-order valence-electron chi connectivity index (χ2n) is 9.60. The predicted octanol–water partition coefficient (Wildman–Crippen LogP) is 4.31. The van der Waals surface area contributed by atoms with E-state index in [9.17, 15) is 18.0 Å². The number of nitrogens with one attached hydrogen (secondary N) is 1. The molecule has 0 aliphatic rings. The first-order valence-electron chi connectivity index (χ1n) is 12.7. The summed E-state index contributed by atoms with van der Waals surface area (Å²) in [5.74, 6) is -0.0432. The van der Waals surface area contributed by atoms with Crippen molar-refractivity contribution in [2.75, 3.05) is 24.2 Å². The van der Waals surface area contributed by atoms with Crippen LogP contribution in [0.1, 0.15) is 64.5 Å². The molecular formula is C28H41N3O5S. The van der Waals surface area contributed by atoms with Crippen molar-refractivity contribution in [2.24, 2.45) is 0 Å². The molecule has 204 valence electrons. The number of anilines is 1. The summed E-state index contributed by atoms with van der Waals surface area (Å²) in [5.41, 5.74) is 2.06. The maximum Gasteiger partial charge on any atom is 0.244 e. The number of carbonyl (C=O) groups excluding carboxylic acids is 2. The standard InChI is InChI=1S/C28H41N3O5S/c1-8-21(5)29-28(33)25(9-2)30(18-22-13-12-14-23(17-22)36-6)27(32)19-31(37(7,34)35)26-16-11-10-15-24(26)20(3)4/h10-17,20-21,25H,8-9,18-19H2,1-7H3,(H,29,33). The molecule has 2 aromatic carbocycles. The molecule has 8 nitrogen and oxygen atoms in total. The van der Waals surface area contributed by atoms with E-state index in [2.05, 4.69) is 5.32 Å². The van der Waals surface area contributed by atoms with Crippen LogP contribution in [0.2, 0.25) is 0 Å². The summed E-state index contributed by atoms with van der Waals surface area (Å²) in [4.78, 5) is 28.6. The van der Waals surface area contributed by atoms with E-state index in [0.717, 1.165) is 28.1 Å². The van der Waals surface area contributed by atoms with Crippen molar-refractivity contribution in [2.45, 2.75) is 72.0 Å². The van der Waals surface area contributed by atoms with Gasteiger partial charge < -0.3 is 15.0 Å². The van der Waals surface area contributed by atoms with Crippen LogP contribution in [0.3, 0.4) is 0 Å². The van der Waals surface area contributed by atoms with Gasteiger partial charge in [-0.1, -0.05) is 58.0 Å². The lowest BCUT2D eigenvalue weighted by Crippen LogP contribution is -2.53. The van der Waals surface area contributed by atoms with E-state index in [4.69, 9.17) is 4.74 Å². The molecule has 0 aromatic heterocycles. The van der Waals surface area contributed by atoms with Gasteiger partial charge in [-0.25, -0.2) is 8.42 Å². The third-order valence-corrected chi connectivity index (χ3v) is 7.51. The normalized spacial score (nSPS) is 13.1. The van der Waals surface area contributed by atoms with Gasteiger partial charge in [-0.2, -0.15) is 0 Å². The zero-order valence-electron chi connectivity index (χ0n) is 23.0.